The predicted octanol–water partition coefficient (Wildman–Crippen LogP) is 3.35. The standard InChI is InChI=1S/C14H20N4O2S/c1-4-17(5-2)8-10(3)16-11-6-7-12-13(15-9-21-12)14(11)18(19)20/h6-7,9-10,16H,4-5,8H2,1-3H3. The van der Waals surface area contributed by atoms with Crippen molar-refractivity contribution in [1.82, 2.24) is 9.88 Å². The van der Waals surface area contributed by atoms with Gasteiger partial charge in [0, 0.05) is 12.6 Å². The number of hydrogen-bond acceptors (Lipinski definition) is 6. The lowest BCUT2D eigenvalue weighted by molar-refractivity contribution is -0.382. The van der Waals surface area contributed by atoms with Crippen molar-refractivity contribution in [3.63, 3.8) is 0 Å². The van der Waals surface area contributed by atoms with Crippen LogP contribution in [0.2, 0.25) is 0 Å². The summed E-state index contributed by atoms with van der Waals surface area (Å²) in [4.78, 5) is 17.4. The average molecular weight is 308 g/mol. The number of nitrogens with zero attached hydrogens (tertiary/aromatic N) is 3. The number of nitro groups is 1. The van der Waals surface area contributed by atoms with Crippen LogP contribution in [0.1, 0.15) is 20.8 Å². The van der Waals surface area contributed by atoms with E-state index in [1.54, 1.807) is 11.6 Å². The lowest BCUT2D eigenvalue weighted by Gasteiger charge is -2.24. The topological polar surface area (TPSA) is 71.3 Å². The molecule has 0 amide bonds. The van der Waals surface area contributed by atoms with Crippen LogP contribution in [0.15, 0.2) is 17.6 Å². The van der Waals surface area contributed by atoms with Crippen molar-refractivity contribution in [3.05, 3.63) is 27.8 Å². The SMILES string of the molecule is CCN(CC)CC(C)Nc1ccc2scnc2c1[N+](=O)[O-]. The minimum Gasteiger partial charge on any atom is -0.376 e. The minimum atomic E-state index is -0.353. The van der Waals surface area contributed by atoms with Crippen molar-refractivity contribution < 1.29 is 4.92 Å². The Labute approximate surface area is 127 Å². The summed E-state index contributed by atoms with van der Waals surface area (Å²) < 4.78 is 0.837. The number of fused-ring (bicyclic) bond motifs is 1. The number of thiazole rings is 1. The third-order valence-corrected chi connectivity index (χ3v) is 4.28. The van der Waals surface area contributed by atoms with Crippen LogP contribution >= 0.6 is 11.3 Å². The Balaban J connectivity index is 2.25. The van der Waals surface area contributed by atoms with Crippen LogP contribution in [-0.4, -0.2) is 40.5 Å². The van der Waals surface area contributed by atoms with Crippen molar-refractivity contribution in [2.75, 3.05) is 25.0 Å². The minimum absolute atomic E-state index is 0.0696. The molecule has 0 spiro atoms. The second kappa shape index (κ2) is 6.82. The lowest BCUT2D eigenvalue weighted by Crippen LogP contribution is -2.34. The third-order valence-electron chi connectivity index (χ3n) is 3.49. The molecule has 21 heavy (non-hydrogen) atoms. The summed E-state index contributed by atoms with van der Waals surface area (Å²) in [5.41, 5.74) is 2.71. The Kier molecular flexibility index (Phi) is 5.08. The number of hydrogen-bond donors (Lipinski definition) is 1. The van der Waals surface area contributed by atoms with Gasteiger partial charge in [0.1, 0.15) is 5.69 Å². The Bertz CT molecular complexity index is 624. The Morgan fingerprint density at radius 2 is 2.14 bits per heavy atom. The van der Waals surface area contributed by atoms with Crippen molar-refractivity contribution in [1.29, 1.82) is 0 Å². The molecule has 1 N–H and O–H groups in total. The zero-order valence-corrected chi connectivity index (χ0v) is 13.3. The van der Waals surface area contributed by atoms with E-state index in [1.807, 2.05) is 13.0 Å². The lowest BCUT2D eigenvalue weighted by atomic mass is 10.2. The van der Waals surface area contributed by atoms with E-state index in [0.29, 0.717) is 11.2 Å². The second-order valence-corrected chi connectivity index (χ2v) is 5.84. The molecule has 0 fully saturated rings. The summed E-state index contributed by atoms with van der Waals surface area (Å²) in [6.07, 6.45) is 0. The van der Waals surface area contributed by atoms with Crippen molar-refractivity contribution in [2.45, 2.75) is 26.8 Å². The molecular formula is C14H20N4O2S. The number of benzene rings is 1. The molecule has 7 heteroatoms. The van der Waals surface area contributed by atoms with E-state index >= 15 is 0 Å². The molecule has 1 unspecified atom stereocenters. The van der Waals surface area contributed by atoms with Crippen LogP contribution in [0.5, 0.6) is 0 Å². The van der Waals surface area contributed by atoms with Crippen LogP contribution in [0.4, 0.5) is 11.4 Å². The summed E-state index contributed by atoms with van der Waals surface area (Å²) >= 11 is 1.41. The highest BCUT2D eigenvalue weighted by Crippen LogP contribution is 2.34. The number of rotatable bonds is 7. The highest BCUT2D eigenvalue weighted by molar-refractivity contribution is 7.16. The van der Waals surface area contributed by atoms with E-state index in [2.05, 4.69) is 29.0 Å². The van der Waals surface area contributed by atoms with Gasteiger partial charge in [0.2, 0.25) is 0 Å². The Morgan fingerprint density at radius 1 is 1.43 bits per heavy atom. The van der Waals surface area contributed by atoms with Gasteiger partial charge in [-0.25, -0.2) is 4.98 Å². The van der Waals surface area contributed by atoms with Gasteiger partial charge in [0.05, 0.1) is 15.1 Å². The van der Waals surface area contributed by atoms with E-state index in [4.69, 9.17) is 0 Å². The first-order chi connectivity index (χ1) is 10.1. The summed E-state index contributed by atoms with van der Waals surface area (Å²) in [6.45, 7) is 9.04. The summed E-state index contributed by atoms with van der Waals surface area (Å²) in [6, 6.07) is 3.78. The third kappa shape index (κ3) is 3.48. The van der Waals surface area contributed by atoms with Crippen LogP contribution in [0.25, 0.3) is 10.2 Å². The Morgan fingerprint density at radius 3 is 2.76 bits per heavy atom. The van der Waals surface area contributed by atoms with Crippen LogP contribution < -0.4 is 5.32 Å². The van der Waals surface area contributed by atoms with Crippen molar-refractivity contribution >= 4 is 32.9 Å². The maximum atomic E-state index is 11.4. The molecule has 0 bridgehead atoms. The van der Waals surface area contributed by atoms with E-state index in [9.17, 15) is 10.1 Å². The van der Waals surface area contributed by atoms with Gasteiger partial charge in [0.15, 0.2) is 5.52 Å². The fraction of sp³-hybridized carbons (Fsp3) is 0.500. The van der Waals surface area contributed by atoms with Crippen molar-refractivity contribution in [3.8, 4) is 0 Å². The first kappa shape index (κ1) is 15.7. The molecule has 1 heterocycles. The molecule has 0 saturated heterocycles. The van der Waals surface area contributed by atoms with E-state index in [1.165, 1.54) is 11.3 Å². The maximum Gasteiger partial charge on any atom is 0.319 e. The molecule has 0 radical (unpaired) electrons. The summed E-state index contributed by atoms with van der Waals surface area (Å²) in [7, 11) is 0. The van der Waals surface area contributed by atoms with Gasteiger partial charge >= 0.3 is 5.69 Å². The molecule has 0 aliphatic rings. The zero-order valence-electron chi connectivity index (χ0n) is 12.5. The van der Waals surface area contributed by atoms with E-state index in [0.717, 1.165) is 24.3 Å². The van der Waals surface area contributed by atoms with Gasteiger partial charge in [-0.3, -0.25) is 10.1 Å². The summed E-state index contributed by atoms with van der Waals surface area (Å²) in [5, 5.41) is 14.6. The second-order valence-electron chi connectivity index (χ2n) is 4.95. The first-order valence-electron chi connectivity index (χ1n) is 7.06. The molecule has 6 nitrogen and oxygen atoms in total. The van der Waals surface area contributed by atoms with Crippen LogP contribution in [-0.2, 0) is 0 Å². The first-order valence-corrected chi connectivity index (χ1v) is 7.94. The molecular weight excluding hydrogens is 288 g/mol. The van der Waals surface area contributed by atoms with Crippen LogP contribution in [0.3, 0.4) is 0 Å². The molecule has 114 valence electrons. The molecule has 1 atom stereocenters. The number of anilines is 1. The zero-order chi connectivity index (χ0) is 15.4. The van der Waals surface area contributed by atoms with Crippen molar-refractivity contribution in [2.24, 2.45) is 0 Å². The fourth-order valence-electron chi connectivity index (χ4n) is 2.40. The maximum absolute atomic E-state index is 11.4. The van der Waals surface area contributed by atoms with E-state index < -0.39 is 0 Å². The summed E-state index contributed by atoms with van der Waals surface area (Å²) in [5.74, 6) is 0. The van der Waals surface area contributed by atoms with Gasteiger partial charge in [-0.15, -0.1) is 11.3 Å². The molecule has 1 aromatic carbocycles. The van der Waals surface area contributed by atoms with Gasteiger partial charge in [0.25, 0.3) is 0 Å². The molecule has 2 rings (SSSR count). The highest BCUT2D eigenvalue weighted by atomic mass is 32.1. The largest absolute Gasteiger partial charge is 0.376 e. The van der Waals surface area contributed by atoms with Gasteiger partial charge in [-0.2, -0.15) is 0 Å². The monoisotopic (exact) mass is 308 g/mol. The normalized spacial score (nSPS) is 12.8. The van der Waals surface area contributed by atoms with E-state index in [-0.39, 0.29) is 16.7 Å². The predicted molar refractivity (Wildman–Crippen MR) is 87.1 cm³/mol. The number of nitro benzene ring substituents is 1. The Hall–Kier alpha value is -1.73. The average Bonchev–Trinajstić information content (AvgIpc) is 2.92. The number of likely N-dealkylation sites (N-methyl/N-ethyl adjacent to an activating group) is 1. The van der Waals surface area contributed by atoms with Gasteiger partial charge in [-0.1, -0.05) is 13.8 Å². The molecule has 0 aliphatic carbocycles. The van der Waals surface area contributed by atoms with Gasteiger partial charge < -0.3 is 10.2 Å². The number of nitrogens with one attached hydrogen (secondary N) is 1. The fourth-order valence-corrected chi connectivity index (χ4v) is 3.08. The highest BCUT2D eigenvalue weighted by Gasteiger charge is 2.21. The van der Waals surface area contributed by atoms with Crippen LogP contribution in [0, 0.1) is 10.1 Å². The molecule has 1 aromatic heterocycles. The van der Waals surface area contributed by atoms with Gasteiger partial charge in [-0.05, 0) is 32.1 Å². The quantitative estimate of drug-likeness (QED) is 0.627. The molecule has 0 saturated carbocycles. The molecule has 0 aliphatic heterocycles. The number of aromatic nitrogens is 1. The molecule has 2 aromatic rings. The smallest absolute Gasteiger partial charge is 0.319 e.